The molecule has 0 bridgehead atoms. The number of aliphatic hydroxyl groups is 1. The molecule has 1 aromatic rings. The number of pyridine rings is 1. The average molecular weight is 351 g/mol. The molecule has 1 atom stereocenters. The van der Waals surface area contributed by atoms with Crippen LogP contribution in [0.1, 0.15) is 36.2 Å². The predicted molar refractivity (Wildman–Crippen MR) is 77.4 cm³/mol. The fraction of sp³-hybridized carbons (Fsp3) is 0.571. The summed E-state index contributed by atoms with van der Waals surface area (Å²) < 4.78 is 28.0. The van der Waals surface area contributed by atoms with Gasteiger partial charge >= 0.3 is 0 Å². The van der Waals surface area contributed by atoms with Crippen LogP contribution in [0.15, 0.2) is 12.1 Å². The Hall–Kier alpha value is -0.980. The molecular formula is C14H14Cl2F2N2O2. The van der Waals surface area contributed by atoms with E-state index >= 15 is 0 Å². The highest BCUT2D eigenvalue weighted by molar-refractivity contribution is 6.34. The van der Waals surface area contributed by atoms with Gasteiger partial charge in [-0.1, -0.05) is 36.0 Å². The summed E-state index contributed by atoms with van der Waals surface area (Å²) in [6.45, 7) is -0.821. The first-order valence-electron chi connectivity index (χ1n) is 6.97. The lowest BCUT2D eigenvalue weighted by Gasteiger charge is -2.36. The minimum absolute atomic E-state index is 0.0165. The molecule has 22 heavy (non-hydrogen) atoms. The molecular weight excluding hydrogens is 337 g/mol. The van der Waals surface area contributed by atoms with Gasteiger partial charge in [-0.25, -0.2) is 13.8 Å². The molecule has 120 valence electrons. The molecule has 1 aromatic heterocycles. The van der Waals surface area contributed by atoms with Crippen molar-refractivity contribution in [3.8, 4) is 0 Å². The second-order valence-electron chi connectivity index (χ2n) is 5.86. The maximum Gasteiger partial charge on any atom is 0.292 e. The van der Waals surface area contributed by atoms with E-state index in [1.54, 1.807) is 0 Å². The molecule has 1 aliphatic heterocycles. The Balaban J connectivity index is 2.00. The molecule has 1 aliphatic carbocycles. The third-order valence-electron chi connectivity index (χ3n) is 4.51. The lowest BCUT2D eigenvalue weighted by atomic mass is 9.90. The fourth-order valence-electron chi connectivity index (χ4n) is 3.51. The van der Waals surface area contributed by atoms with E-state index < -0.39 is 30.0 Å². The average Bonchev–Trinajstić information content (AvgIpc) is 2.98. The SMILES string of the molecule is O=C(c1cc(Cl)cc(Cl)n1)N1CC(F)(F)C(O)C12CCCC2. The van der Waals surface area contributed by atoms with Gasteiger partial charge in [0.2, 0.25) is 0 Å². The van der Waals surface area contributed by atoms with Gasteiger partial charge in [0.05, 0.1) is 12.1 Å². The zero-order valence-electron chi connectivity index (χ0n) is 11.5. The van der Waals surface area contributed by atoms with Crippen molar-refractivity contribution in [1.82, 2.24) is 9.88 Å². The van der Waals surface area contributed by atoms with Gasteiger partial charge in [-0.05, 0) is 25.0 Å². The van der Waals surface area contributed by atoms with Crippen LogP contribution in [0.3, 0.4) is 0 Å². The van der Waals surface area contributed by atoms with Crippen LogP contribution in [0.4, 0.5) is 8.78 Å². The lowest BCUT2D eigenvalue weighted by Crippen LogP contribution is -2.52. The molecule has 4 nitrogen and oxygen atoms in total. The molecule has 1 saturated heterocycles. The number of hydrogen-bond donors (Lipinski definition) is 1. The minimum atomic E-state index is -3.33. The van der Waals surface area contributed by atoms with Gasteiger partial charge in [0.15, 0.2) is 0 Å². The van der Waals surface area contributed by atoms with Crippen LogP contribution in [-0.2, 0) is 0 Å². The zero-order chi connectivity index (χ0) is 16.1. The normalized spacial score (nSPS) is 25.9. The van der Waals surface area contributed by atoms with Crippen LogP contribution >= 0.6 is 23.2 Å². The van der Waals surface area contributed by atoms with Gasteiger partial charge in [0.25, 0.3) is 11.8 Å². The van der Waals surface area contributed by atoms with Crippen molar-refractivity contribution in [2.75, 3.05) is 6.54 Å². The van der Waals surface area contributed by atoms with Crippen molar-refractivity contribution < 1.29 is 18.7 Å². The van der Waals surface area contributed by atoms with E-state index in [1.807, 2.05) is 0 Å². The van der Waals surface area contributed by atoms with Crippen LogP contribution < -0.4 is 0 Å². The monoisotopic (exact) mass is 350 g/mol. The van der Waals surface area contributed by atoms with E-state index in [9.17, 15) is 18.7 Å². The number of aliphatic hydroxyl groups excluding tert-OH is 1. The van der Waals surface area contributed by atoms with Gasteiger partial charge < -0.3 is 10.0 Å². The first-order chi connectivity index (χ1) is 10.3. The summed E-state index contributed by atoms with van der Waals surface area (Å²) in [4.78, 5) is 17.6. The highest BCUT2D eigenvalue weighted by Crippen LogP contribution is 2.49. The topological polar surface area (TPSA) is 53.4 Å². The van der Waals surface area contributed by atoms with Crippen LogP contribution in [0.25, 0.3) is 0 Å². The Morgan fingerprint density at radius 1 is 1.32 bits per heavy atom. The number of amides is 1. The van der Waals surface area contributed by atoms with E-state index in [2.05, 4.69) is 4.98 Å². The second kappa shape index (κ2) is 5.28. The molecule has 2 heterocycles. The Kier molecular flexibility index (Phi) is 3.82. The molecule has 3 rings (SSSR count). The lowest BCUT2D eigenvalue weighted by molar-refractivity contribution is -0.0959. The van der Waals surface area contributed by atoms with Crippen molar-refractivity contribution in [2.45, 2.75) is 43.2 Å². The van der Waals surface area contributed by atoms with E-state index in [4.69, 9.17) is 23.2 Å². The summed E-state index contributed by atoms with van der Waals surface area (Å²) in [6, 6.07) is 2.65. The Labute approximate surface area is 136 Å². The summed E-state index contributed by atoms with van der Waals surface area (Å²) >= 11 is 11.6. The summed E-state index contributed by atoms with van der Waals surface area (Å²) in [6.07, 6.45) is 0.232. The third kappa shape index (κ3) is 2.37. The third-order valence-corrected chi connectivity index (χ3v) is 4.92. The van der Waals surface area contributed by atoms with Crippen molar-refractivity contribution in [1.29, 1.82) is 0 Å². The predicted octanol–water partition coefficient (Wildman–Crippen LogP) is 3.15. The molecule has 1 unspecified atom stereocenters. The Bertz CT molecular complexity index is 601. The fourth-order valence-corrected chi connectivity index (χ4v) is 3.98. The smallest absolute Gasteiger partial charge is 0.292 e. The second-order valence-corrected chi connectivity index (χ2v) is 6.68. The molecule has 2 aliphatic rings. The summed E-state index contributed by atoms with van der Waals surface area (Å²) in [5, 5.41) is 10.3. The molecule has 0 aromatic carbocycles. The van der Waals surface area contributed by atoms with E-state index in [0.29, 0.717) is 25.7 Å². The largest absolute Gasteiger partial charge is 0.384 e. The Morgan fingerprint density at radius 3 is 2.55 bits per heavy atom. The van der Waals surface area contributed by atoms with Crippen LogP contribution in [0.5, 0.6) is 0 Å². The standard InChI is InChI=1S/C14H14Cl2F2N2O2/c15-8-5-9(19-10(16)6-8)11(21)20-7-14(17,18)12(22)13(20)3-1-2-4-13/h5-6,12,22H,1-4,7H2. The molecule has 8 heteroatoms. The van der Waals surface area contributed by atoms with Gasteiger partial charge in [-0.15, -0.1) is 0 Å². The van der Waals surface area contributed by atoms with Crippen LogP contribution in [-0.4, -0.2) is 45.0 Å². The molecule has 1 spiro atoms. The van der Waals surface area contributed by atoms with Gasteiger partial charge in [0.1, 0.15) is 17.0 Å². The van der Waals surface area contributed by atoms with Crippen LogP contribution in [0, 0.1) is 0 Å². The van der Waals surface area contributed by atoms with E-state index in [1.165, 1.54) is 12.1 Å². The van der Waals surface area contributed by atoms with Crippen LogP contribution in [0.2, 0.25) is 10.2 Å². The van der Waals surface area contributed by atoms with Crippen molar-refractivity contribution in [3.05, 3.63) is 28.0 Å². The summed E-state index contributed by atoms with van der Waals surface area (Å²) in [7, 11) is 0. The van der Waals surface area contributed by atoms with Gasteiger partial charge in [-0.2, -0.15) is 0 Å². The number of hydrogen-bond acceptors (Lipinski definition) is 3. The number of likely N-dealkylation sites (tertiary alicyclic amines) is 1. The maximum atomic E-state index is 14.0. The van der Waals surface area contributed by atoms with Crippen molar-refractivity contribution >= 4 is 29.1 Å². The number of carbonyl (C=O) groups is 1. The number of aromatic nitrogens is 1. The highest BCUT2D eigenvalue weighted by Gasteiger charge is 2.64. The summed E-state index contributed by atoms with van der Waals surface area (Å²) in [5.41, 5.74) is -1.31. The molecule has 1 saturated carbocycles. The van der Waals surface area contributed by atoms with Gasteiger partial charge in [-0.3, -0.25) is 4.79 Å². The van der Waals surface area contributed by atoms with Crippen molar-refractivity contribution in [3.63, 3.8) is 0 Å². The number of carbonyl (C=O) groups excluding carboxylic acids is 1. The quantitative estimate of drug-likeness (QED) is 0.791. The first-order valence-corrected chi connectivity index (χ1v) is 7.73. The number of halogens is 4. The van der Waals surface area contributed by atoms with Gasteiger partial charge in [0, 0.05) is 5.02 Å². The first kappa shape index (κ1) is 15.9. The van der Waals surface area contributed by atoms with Crippen molar-refractivity contribution in [2.24, 2.45) is 0 Å². The maximum absolute atomic E-state index is 14.0. The number of alkyl halides is 2. The number of nitrogens with zero attached hydrogens (tertiary/aromatic N) is 2. The minimum Gasteiger partial charge on any atom is -0.384 e. The Morgan fingerprint density at radius 2 is 1.95 bits per heavy atom. The number of rotatable bonds is 1. The van der Waals surface area contributed by atoms with E-state index in [0.717, 1.165) is 4.90 Å². The zero-order valence-corrected chi connectivity index (χ0v) is 13.0. The molecule has 0 radical (unpaired) electrons. The highest BCUT2D eigenvalue weighted by atomic mass is 35.5. The summed E-state index contributed by atoms with van der Waals surface area (Å²) in [5.74, 6) is -4.01. The molecule has 2 fully saturated rings. The van der Waals surface area contributed by atoms with E-state index in [-0.39, 0.29) is 15.9 Å². The molecule has 1 N–H and O–H groups in total. The molecule has 1 amide bonds.